The molecule has 3 aliphatic rings. The van der Waals surface area contributed by atoms with Crippen molar-refractivity contribution in [2.75, 3.05) is 0 Å². The van der Waals surface area contributed by atoms with E-state index in [2.05, 4.69) is 0 Å². The van der Waals surface area contributed by atoms with E-state index in [9.17, 15) is 18.5 Å². The first kappa shape index (κ1) is 12.6. The van der Waals surface area contributed by atoms with Gasteiger partial charge in [-0.1, -0.05) is 6.08 Å². The number of carbonyl (C=O) groups excluding carboxylic acids is 1. The summed E-state index contributed by atoms with van der Waals surface area (Å²) in [6.07, 6.45) is -0.339. The molecule has 3 fully saturated rings. The predicted octanol–water partition coefficient (Wildman–Crippen LogP) is -0.364. The van der Waals surface area contributed by atoms with Gasteiger partial charge in [-0.15, -0.1) is 0 Å². The second kappa shape index (κ2) is 3.79. The number of hydrogen-bond donors (Lipinski definition) is 0. The molecule has 3 heterocycles. The zero-order chi connectivity index (χ0) is 13.8. The number of esters is 1. The molecular weight excluding hydrogens is 274 g/mol. The van der Waals surface area contributed by atoms with Gasteiger partial charge in [-0.3, -0.25) is 4.18 Å². The van der Waals surface area contributed by atoms with Crippen LogP contribution in [0.3, 0.4) is 0 Å². The molecule has 0 N–H and O–H groups in total. The number of nitriles is 1. The Bertz CT molecular complexity index is 605. The van der Waals surface area contributed by atoms with Crippen molar-refractivity contribution in [2.45, 2.75) is 42.5 Å². The van der Waals surface area contributed by atoms with Crippen LogP contribution in [0.4, 0.5) is 0 Å². The molecule has 0 amide bonds. The summed E-state index contributed by atoms with van der Waals surface area (Å²) in [5.41, 5.74) is 0. The van der Waals surface area contributed by atoms with Crippen LogP contribution in [0.15, 0.2) is 12.2 Å². The third-order valence-corrected chi connectivity index (χ3v) is 5.58. The van der Waals surface area contributed by atoms with Gasteiger partial charge in [0.15, 0.2) is 6.10 Å². The Kier molecular flexibility index (Phi) is 2.51. The van der Waals surface area contributed by atoms with Crippen LogP contribution in [-0.4, -0.2) is 43.5 Å². The Hall–Kier alpha value is -1.43. The van der Waals surface area contributed by atoms with Gasteiger partial charge in [-0.05, 0) is 6.92 Å². The molecule has 0 radical (unpaired) electrons. The second-order valence-electron chi connectivity index (χ2n) is 4.68. The van der Waals surface area contributed by atoms with E-state index in [1.165, 1.54) is 6.08 Å². The highest BCUT2D eigenvalue weighted by atomic mass is 32.2. The van der Waals surface area contributed by atoms with Gasteiger partial charge in [0.1, 0.15) is 18.3 Å². The van der Waals surface area contributed by atoms with Crippen LogP contribution >= 0.6 is 0 Å². The van der Waals surface area contributed by atoms with E-state index in [0.717, 1.165) is 6.08 Å². The van der Waals surface area contributed by atoms with Crippen molar-refractivity contribution in [1.82, 2.24) is 0 Å². The molecule has 102 valence electrons. The summed E-state index contributed by atoms with van der Waals surface area (Å²) < 4.78 is 37.6. The van der Waals surface area contributed by atoms with E-state index >= 15 is 0 Å². The molecule has 8 heteroatoms. The molecule has 2 bridgehead atoms. The Labute approximate surface area is 109 Å². The summed E-state index contributed by atoms with van der Waals surface area (Å²) in [5, 5.41) is 9.32. The highest BCUT2D eigenvalue weighted by Gasteiger charge is 2.78. The molecule has 0 aromatic rings. The zero-order valence-electron chi connectivity index (χ0n) is 9.98. The maximum absolute atomic E-state index is 12.0. The SMILES string of the molecule is C/C=C/C(=O)OC1C2CC3OS(=O)(=O)C1(C#N)C3O2. The van der Waals surface area contributed by atoms with Crippen molar-refractivity contribution >= 4 is 16.1 Å². The summed E-state index contributed by atoms with van der Waals surface area (Å²) in [5.74, 6) is -0.697. The normalized spacial score (nSPS) is 45.5. The Morgan fingerprint density at radius 2 is 2.26 bits per heavy atom. The van der Waals surface area contributed by atoms with Crippen molar-refractivity contribution < 1.29 is 26.9 Å². The Balaban J connectivity index is 2.02. The van der Waals surface area contributed by atoms with Gasteiger partial charge in [0.2, 0.25) is 0 Å². The third kappa shape index (κ3) is 1.38. The number of rotatable bonds is 2. The summed E-state index contributed by atoms with van der Waals surface area (Å²) in [6.45, 7) is 1.63. The van der Waals surface area contributed by atoms with E-state index in [1.807, 2.05) is 0 Å². The molecule has 3 rings (SSSR count). The van der Waals surface area contributed by atoms with Crippen LogP contribution in [0.2, 0.25) is 0 Å². The monoisotopic (exact) mass is 285 g/mol. The molecule has 19 heavy (non-hydrogen) atoms. The smallest absolute Gasteiger partial charge is 0.330 e. The van der Waals surface area contributed by atoms with Crippen LogP contribution in [0.25, 0.3) is 0 Å². The van der Waals surface area contributed by atoms with Gasteiger partial charge >= 0.3 is 5.97 Å². The topological polar surface area (TPSA) is 103 Å². The Morgan fingerprint density at radius 1 is 1.53 bits per heavy atom. The highest BCUT2D eigenvalue weighted by Crippen LogP contribution is 2.54. The first-order valence-corrected chi connectivity index (χ1v) is 7.20. The summed E-state index contributed by atoms with van der Waals surface area (Å²) in [7, 11) is -4.14. The lowest BCUT2D eigenvalue weighted by Gasteiger charge is -2.27. The molecule has 0 aliphatic carbocycles. The molecule has 5 atom stereocenters. The average molecular weight is 285 g/mol. The second-order valence-corrected chi connectivity index (χ2v) is 6.46. The van der Waals surface area contributed by atoms with Gasteiger partial charge in [-0.25, -0.2) is 4.79 Å². The molecule has 3 saturated heterocycles. The number of hydrogen-bond acceptors (Lipinski definition) is 7. The van der Waals surface area contributed by atoms with Crippen LogP contribution in [0, 0.1) is 11.3 Å². The standard InChI is InChI=1S/C11H11NO6S/c1-2-3-8(13)17-9-6-4-7-10(16-6)11(9,5-12)19(14,15)18-7/h2-3,6-7,9-10H,4H2,1H3/b3-2+. The fourth-order valence-electron chi connectivity index (χ4n) is 2.96. The maximum Gasteiger partial charge on any atom is 0.330 e. The molecule has 0 spiro atoms. The van der Waals surface area contributed by atoms with E-state index in [1.54, 1.807) is 13.0 Å². The zero-order valence-corrected chi connectivity index (χ0v) is 10.8. The fraction of sp³-hybridized carbons (Fsp3) is 0.636. The largest absolute Gasteiger partial charge is 0.453 e. The molecule has 3 aliphatic heterocycles. The number of carbonyl (C=O) groups is 1. The number of allylic oxidation sites excluding steroid dienone is 1. The van der Waals surface area contributed by atoms with E-state index in [-0.39, 0.29) is 0 Å². The molecule has 5 unspecified atom stereocenters. The minimum Gasteiger partial charge on any atom is -0.453 e. The molecule has 7 nitrogen and oxygen atoms in total. The first-order valence-electron chi connectivity index (χ1n) is 5.79. The quantitative estimate of drug-likeness (QED) is 0.387. The third-order valence-electron chi connectivity index (χ3n) is 3.69. The van der Waals surface area contributed by atoms with Gasteiger partial charge in [0.05, 0.1) is 6.07 Å². The molecule has 0 aromatic carbocycles. The van der Waals surface area contributed by atoms with Crippen LogP contribution in [0.5, 0.6) is 0 Å². The summed E-state index contributed by atoms with van der Waals surface area (Å²) in [4.78, 5) is 11.5. The van der Waals surface area contributed by atoms with Gasteiger partial charge in [0, 0.05) is 12.5 Å². The average Bonchev–Trinajstić information content (AvgIpc) is 2.88. The van der Waals surface area contributed by atoms with Crippen LogP contribution in [-0.2, 0) is 28.6 Å². The lowest BCUT2D eigenvalue weighted by atomic mass is 9.85. The van der Waals surface area contributed by atoms with Gasteiger partial charge in [-0.2, -0.15) is 13.7 Å². The minimum atomic E-state index is -4.14. The molecule has 0 aromatic heterocycles. The Morgan fingerprint density at radius 3 is 2.89 bits per heavy atom. The van der Waals surface area contributed by atoms with Crippen molar-refractivity contribution in [3.05, 3.63) is 12.2 Å². The number of nitrogens with zero attached hydrogens (tertiary/aromatic N) is 1. The van der Waals surface area contributed by atoms with Crippen molar-refractivity contribution in [2.24, 2.45) is 0 Å². The van der Waals surface area contributed by atoms with Crippen LogP contribution < -0.4 is 0 Å². The fourth-order valence-corrected chi connectivity index (χ4v) is 4.71. The van der Waals surface area contributed by atoms with Crippen molar-refractivity contribution in [3.63, 3.8) is 0 Å². The number of ether oxygens (including phenoxy) is 2. The van der Waals surface area contributed by atoms with Crippen molar-refractivity contribution in [1.29, 1.82) is 5.26 Å². The van der Waals surface area contributed by atoms with E-state index in [0.29, 0.717) is 6.42 Å². The molecule has 0 saturated carbocycles. The predicted molar refractivity (Wildman–Crippen MR) is 60.1 cm³/mol. The summed E-state index contributed by atoms with van der Waals surface area (Å²) in [6, 6.07) is 1.75. The van der Waals surface area contributed by atoms with E-state index in [4.69, 9.17) is 13.7 Å². The minimum absolute atomic E-state index is 0.307. The van der Waals surface area contributed by atoms with Crippen LogP contribution in [0.1, 0.15) is 13.3 Å². The lowest BCUT2D eigenvalue weighted by molar-refractivity contribution is -0.146. The lowest BCUT2D eigenvalue weighted by Crippen LogP contribution is -2.54. The summed E-state index contributed by atoms with van der Waals surface area (Å²) >= 11 is 0. The maximum atomic E-state index is 12.0. The van der Waals surface area contributed by atoms with Crippen molar-refractivity contribution in [3.8, 4) is 6.07 Å². The molecular formula is C11H11NO6S. The van der Waals surface area contributed by atoms with Gasteiger partial charge < -0.3 is 9.47 Å². The van der Waals surface area contributed by atoms with Gasteiger partial charge in [0.25, 0.3) is 14.9 Å². The first-order chi connectivity index (χ1) is 8.96. The highest BCUT2D eigenvalue weighted by molar-refractivity contribution is 7.88. The number of fused-ring (bicyclic) bond motifs is 1. The van der Waals surface area contributed by atoms with E-state index < -0.39 is 45.3 Å².